The summed E-state index contributed by atoms with van der Waals surface area (Å²) in [7, 11) is 1.53. The van der Waals surface area contributed by atoms with Crippen molar-refractivity contribution >= 4 is 40.7 Å². The number of halogens is 1. The van der Waals surface area contributed by atoms with Gasteiger partial charge in [0.15, 0.2) is 0 Å². The number of para-hydroxylation sites is 1. The Balaban J connectivity index is 1.73. The van der Waals surface area contributed by atoms with Gasteiger partial charge in [-0.25, -0.2) is 0 Å². The van der Waals surface area contributed by atoms with Crippen LogP contribution in [0, 0.1) is 5.41 Å². The van der Waals surface area contributed by atoms with E-state index in [9.17, 15) is 14.4 Å². The van der Waals surface area contributed by atoms with Crippen molar-refractivity contribution in [2.45, 2.75) is 39.7 Å². The Morgan fingerprint density at radius 3 is 2.33 bits per heavy atom. The van der Waals surface area contributed by atoms with Gasteiger partial charge >= 0.3 is 0 Å². The molecule has 9 heteroatoms. The first-order valence-electron chi connectivity index (χ1n) is 10.9. The molecule has 1 saturated heterocycles. The molecule has 0 radical (unpaired) electrons. The quantitative estimate of drug-likeness (QED) is 0.598. The van der Waals surface area contributed by atoms with E-state index in [0.717, 1.165) is 31.6 Å². The van der Waals surface area contributed by atoms with Gasteiger partial charge in [-0.2, -0.15) is 0 Å². The van der Waals surface area contributed by atoms with Gasteiger partial charge in [-0.3, -0.25) is 19.4 Å². The van der Waals surface area contributed by atoms with Crippen LogP contribution in [-0.4, -0.2) is 48.9 Å². The van der Waals surface area contributed by atoms with E-state index >= 15 is 0 Å². The maximum absolute atomic E-state index is 12.8. The maximum atomic E-state index is 12.8. The van der Waals surface area contributed by atoms with Crippen LogP contribution in [0.3, 0.4) is 0 Å². The lowest BCUT2D eigenvalue weighted by molar-refractivity contribution is -0.124. The molecule has 0 bridgehead atoms. The van der Waals surface area contributed by atoms with Gasteiger partial charge in [0.2, 0.25) is 5.91 Å². The molecular formula is C24H30ClN5O3. The zero-order chi connectivity index (χ0) is 24.2. The number of anilines is 2. The van der Waals surface area contributed by atoms with Crippen LogP contribution in [0.1, 0.15) is 54.5 Å². The first-order valence-corrected chi connectivity index (χ1v) is 11.3. The van der Waals surface area contributed by atoms with Crippen molar-refractivity contribution in [2.24, 2.45) is 5.41 Å². The lowest BCUT2D eigenvalue weighted by Crippen LogP contribution is -2.52. The Morgan fingerprint density at radius 1 is 1.06 bits per heavy atom. The van der Waals surface area contributed by atoms with Crippen LogP contribution in [-0.2, 0) is 4.79 Å². The second-order valence-corrected chi connectivity index (χ2v) is 9.51. The fraction of sp³-hybridized carbons (Fsp3) is 0.417. The number of hydrogen-bond acceptors (Lipinski definition) is 5. The van der Waals surface area contributed by atoms with Gasteiger partial charge in [0.1, 0.15) is 11.7 Å². The predicted octanol–water partition coefficient (Wildman–Crippen LogP) is 3.48. The molecule has 1 aromatic heterocycles. The molecule has 3 amide bonds. The number of likely N-dealkylation sites (N-methyl/N-ethyl adjacent to an activating group) is 1. The van der Waals surface area contributed by atoms with Gasteiger partial charge in [-0.15, -0.1) is 0 Å². The summed E-state index contributed by atoms with van der Waals surface area (Å²) < 4.78 is 0. The standard InChI is InChI=1S/C24H30ClN5O3/c1-24(2,3)20(23(33)26-4)29-21(31)15-10-11-18(27-14-15)22(32)28-17-9-7-8-16(25)19(17)30-12-5-6-13-30/h7-11,14,20H,5-6,12-13H2,1-4H3,(H,26,33)(H,28,32)(H,29,31)/t20-/m1/s1. The smallest absolute Gasteiger partial charge is 0.274 e. The normalized spacial score (nSPS) is 14.5. The molecule has 1 atom stereocenters. The summed E-state index contributed by atoms with van der Waals surface area (Å²) in [5.41, 5.74) is 1.37. The van der Waals surface area contributed by atoms with Gasteiger partial charge in [0.25, 0.3) is 11.8 Å². The third-order valence-corrected chi connectivity index (χ3v) is 5.87. The molecule has 1 fully saturated rings. The molecule has 3 N–H and O–H groups in total. The van der Waals surface area contributed by atoms with Crippen LogP contribution in [0.15, 0.2) is 36.5 Å². The zero-order valence-corrected chi connectivity index (χ0v) is 20.1. The van der Waals surface area contributed by atoms with E-state index < -0.39 is 23.3 Å². The number of amides is 3. The highest BCUT2D eigenvalue weighted by Gasteiger charge is 2.32. The SMILES string of the molecule is CNC(=O)[C@@H](NC(=O)c1ccc(C(=O)Nc2cccc(Cl)c2N2CCCC2)nc1)C(C)(C)C. The van der Waals surface area contributed by atoms with E-state index in [2.05, 4.69) is 25.8 Å². The van der Waals surface area contributed by atoms with Gasteiger partial charge in [-0.1, -0.05) is 38.4 Å². The third-order valence-electron chi connectivity index (χ3n) is 5.57. The highest BCUT2D eigenvalue weighted by atomic mass is 35.5. The molecule has 2 aromatic rings. The molecule has 33 heavy (non-hydrogen) atoms. The summed E-state index contributed by atoms with van der Waals surface area (Å²) in [6, 6.07) is 7.68. The molecule has 0 saturated carbocycles. The molecule has 0 unspecified atom stereocenters. The first-order chi connectivity index (χ1) is 15.6. The average Bonchev–Trinajstić information content (AvgIpc) is 3.30. The van der Waals surface area contributed by atoms with E-state index in [1.54, 1.807) is 12.1 Å². The summed E-state index contributed by atoms with van der Waals surface area (Å²) in [5.74, 6) is -1.12. The van der Waals surface area contributed by atoms with Gasteiger partial charge in [0, 0.05) is 26.3 Å². The molecule has 1 aliphatic rings. The zero-order valence-electron chi connectivity index (χ0n) is 19.4. The summed E-state index contributed by atoms with van der Waals surface area (Å²) in [5, 5.41) is 8.78. The lowest BCUT2D eigenvalue weighted by Gasteiger charge is -2.29. The van der Waals surface area contributed by atoms with Crippen molar-refractivity contribution in [1.29, 1.82) is 0 Å². The summed E-state index contributed by atoms with van der Waals surface area (Å²) in [6.07, 6.45) is 3.49. The van der Waals surface area contributed by atoms with Crippen molar-refractivity contribution in [3.05, 3.63) is 52.8 Å². The number of carbonyl (C=O) groups is 3. The minimum Gasteiger partial charge on any atom is -0.369 e. The van der Waals surface area contributed by atoms with E-state index in [0.29, 0.717) is 10.7 Å². The Bertz CT molecular complexity index is 1030. The largest absolute Gasteiger partial charge is 0.369 e. The molecule has 0 spiro atoms. The number of aromatic nitrogens is 1. The predicted molar refractivity (Wildman–Crippen MR) is 130 cm³/mol. The molecule has 3 rings (SSSR count). The number of hydrogen-bond donors (Lipinski definition) is 3. The van der Waals surface area contributed by atoms with E-state index in [1.165, 1.54) is 25.4 Å². The summed E-state index contributed by atoms with van der Waals surface area (Å²) in [6.45, 7) is 7.38. The van der Waals surface area contributed by atoms with Crippen LogP contribution >= 0.6 is 11.6 Å². The van der Waals surface area contributed by atoms with E-state index in [1.807, 2.05) is 26.8 Å². The number of nitrogens with one attached hydrogen (secondary N) is 3. The number of benzene rings is 1. The summed E-state index contributed by atoms with van der Waals surface area (Å²) >= 11 is 6.42. The van der Waals surface area contributed by atoms with Gasteiger partial charge in [0.05, 0.1) is 22.0 Å². The molecular weight excluding hydrogens is 442 g/mol. The van der Waals surface area contributed by atoms with Crippen molar-refractivity contribution in [3.8, 4) is 0 Å². The highest BCUT2D eigenvalue weighted by molar-refractivity contribution is 6.34. The average molecular weight is 472 g/mol. The van der Waals surface area contributed by atoms with Crippen LogP contribution in [0.5, 0.6) is 0 Å². The number of nitrogens with zero attached hydrogens (tertiary/aromatic N) is 2. The second-order valence-electron chi connectivity index (χ2n) is 9.10. The number of rotatable bonds is 6. The Hall–Kier alpha value is -3.13. The van der Waals surface area contributed by atoms with Crippen molar-refractivity contribution in [3.63, 3.8) is 0 Å². The third kappa shape index (κ3) is 5.82. The first kappa shape index (κ1) is 24.5. The molecule has 8 nitrogen and oxygen atoms in total. The summed E-state index contributed by atoms with van der Waals surface area (Å²) in [4.78, 5) is 44.0. The van der Waals surface area contributed by atoms with Crippen LogP contribution in [0.4, 0.5) is 11.4 Å². The Morgan fingerprint density at radius 2 is 1.76 bits per heavy atom. The van der Waals surface area contributed by atoms with Crippen molar-refractivity contribution in [2.75, 3.05) is 30.4 Å². The maximum Gasteiger partial charge on any atom is 0.274 e. The van der Waals surface area contributed by atoms with Crippen molar-refractivity contribution < 1.29 is 14.4 Å². The topological polar surface area (TPSA) is 103 Å². The van der Waals surface area contributed by atoms with Crippen LogP contribution < -0.4 is 20.9 Å². The lowest BCUT2D eigenvalue weighted by atomic mass is 9.86. The molecule has 176 valence electrons. The molecule has 2 heterocycles. The Kier molecular flexibility index (Phi) is 7.58. The van der Waals surface area contributed by atoms with E-state index in [4.69, 9.17) is 11.6 Å². The van der Waals surface area contributed by atoms with Gasteiger partial charge in [-0.05, 0) is 42.5 Å². The fourth-order valence-corrected chi connectivity index (χ4v) is 4.06. The number of pyridine rings is 1. The molecule has 1 aromatic carbocycles. The number of carbonyl (C=O) groups excluding carboxylic acids is 3. The minimum atomic E-state index is -0.718. The monoisotopic (exact) mass is 471 g/mol. The van der Waals surface area contributed by atoms with Crippen LogP contribution in [0.2, 0.25) is 5.02 Å². The molecule has 1 aliphatic heterocycles. The van der Waals surface area contributed by atoms with Crippen molar-refractivity contribution in [1.82, 2.24) is 15.6 Å². The van der Waals surface area contributed by atoms with Gasteiger partial charge < -0.3 is 20.9 Å². The molecule has 0 aliphatic carbocycles. The Labute approximate surface area is 199 Å². The van der Waals surface area contributed by atoms with Crippen LogP contribution in [0.25, 0.3) is 0 Å². The fourth-order valence-electron chi connectivity index (χ4n) is 3.76. The van der Waals surface area contributed by atoms with E-state index in [-0.39, 0.29) is 17.2 Å². The minimum absolute atomic E-state index is 0.164. The second kappa shape index (κ2) is 10.2. The highest BCUT2D eigenvalue weighted by Crippen LogP contribution is 2.36.